The highest BCUT2D eigenvalue weighted by atomic mass is 16.2. The Kier molecular flexibility index (Phi) is 6.41. The molecule has 1 aromatic heterocycles. The third kappa shape index (κ3) is 4.94. The minimum absolute atomic E-state index is 0.0940. The summed E-state index contributed by atoms with van der Waals surface area (Å²) in [6, 6.07) is 9.69. The van der Waals surface area contributed by atoms with E-state index in [0.29, 0.717) is 6.54 Å². The second kappa shape index (κ2) is 9.17. The summed E-state index contributed by atoms with van der Waals surface area (Å²) in [6.45, 7) is 2.09. The molecule has 0 spiro atoms. The van der Waals surface area contributed by atoms with Gasteiger partial charge >= 0.3 is 0 Å². The molecular formula is C20H26N4O2. The van der Waals surface area contributed by atoms with Crippen molar-refractivity contribution in [3.8, 4) is 5.69 Å². The highest BCUT2D eigenvalue weighted by Gasteiger charge is 2.16. The lowest BCUT2D eigenvalue weighted by Crippen LogP contribution is -2.33. The van der Waals surface area contributed by atoms with E-state index >= 15 is 0 Å². The van der Waals surface area contributed by atoms with Gasteiger partial charge in [-0.15, -0.1) is 0 Å². The molecule has 0 atom stereocenters. The maximum absolute atomic E-state index is 12.3. The SMILES string of the molecule is O=C(CCC(=O)N1CCCCCC1)NCc1ccccc1-n1cccn1. The maximum Gasteiger partial charge on any atom is 0.223 e. The number of nitrogens with one attached hydrogen (secondary N) is 1. The summed E-state index contributed by atoms with van der Waals surface area (Å²) >= 11 is 0. The van der Waals surface area contributed by atoms with Crippen LogP contribution in [0.2, 0.25) is 0 Å². The Morgan fingerprint density at radius 3 is 2.50 bits per heavy atom. The Bertz CT molecular complexity index is 719. The predicted octanol–water partition coefficient (Wildman–Crippen LogP) is 2.67. The molecule has 1 aliphatic heterocycles. The van der Waals surface area contributed by atoms with Crippen molar-refractivity contribution in [2.24, 2.45) is 0 Å². The number of nitrogens with zero attached hydrogens (tertiary/aromatic N) is 3. The maximum atomic E-state index is 12.3. The smallest absolute Gasteiger partial charge is 0.223 e. The summed E-state index contributed by atoms with van der Waals surface area (Å²) in [7, 11) is 0. The van der Waals surface area contributed by atoms with Gasteiger partial charge in [-0.1, -0.05) is 31.0 Å². The number of carbonyl (C=O) groups excluding carboxylic acids is 2. The topological polar surface area (TPSA) is 67.2 Å². The predicted molar refractivity (Wildman–Crippen MR) is 99.7 cm³/mol. The van der Waals surface area contributed by atoms with E-state index in [1.165, 1.54) is 12.8 Å². The van der Waals surface area contributed by atoms with E-state index in [0.717, 1.165) is 37.2 Å². The van der Waals surface area contributed by atoms with Crippen molar-refractivity contribution in [3.05, 3.63) is 48.3 Å². The van der Waals surface area contributed by atoms with Gasteiger partial charge in [-0.05, 0) is 30.5 Å². The number of carbonyl (C=O) groups is 2. The first-order valence-corrected chi connectivity index (χ1v) is 9.36. The van der Waals surface area contributed by atoms with Gasteiger partial charge in [0.1, 0.15) is 0 Å². The van der Waals surface area contributed by atoms with Crippen molar-refractivity contribution in [2.45, 2.75) is 45.1 Å². The third-order valence-corrected chi connectivity index (χ3v) is 4.74. The number of hydrogen-bond donors (Lipinski definition) is 1. The molecule has 0 aliphatic carbocycles. The quantitative estimate of drug-likeness (QED) is 0.867. The van der Waals surface area contributed by atoms with Crippen LogP contribution >= 0.6 is 0 Å². The molecule has 6 nitrogen and oxygen atoms in total. The third-order valence-electron chi connectivity index (χ3n) is 4.74. The highest BCUT2D eigenvalue weighted by molar-refractivity contribution is 5.83. The minimum atomic E-state index is -0.0940. The molecule has 0 unspecified atom stereocenters. The molecule has 1 saturated heterocycles. The molecule has 26 heavy (non-hydrogen) atoms. The molecule has 1 N–H and O–H groups in total. The van der Waals surface area contributed by atoms with Crippen molar-refractivity contribution in [1.82, 2.24) is 20.0 Å². The van der Waals surface area contributed by atoms with E-state index in [4.69, 9.17) is 0 Å². The van der Waals surface area contributed by atoms with Gasteiger partial charge in [0.25, 0.3) is 0 Å². The van der Waals surface area contributed by atoms with E-state index in [2.05, 4.69) is 10.4 Å². The largest absolute Gasteiger partial charge is 0.352 e. The van der Waals surface area contributed by atoms with Crippen LogP contribution in [0.4, 0.5) is 0 Å². The molecule has 2 heterocycles. The number of rotatable bonds is 6. The summed E-state index contributed by atoms with van der Waals surface area (Å²) in [6.07, 6.45) is 8.65. The zero-order valence-corrected chi connectivity index (χ0v) is 15.1. The van der Waals surface area contributed by atoms with Crippen molar-refractivity contribution < 1.29 is 9.59 Å². The molecular weight excluding hydrogens is 328 g/mol. The van der Waals surface area contributed by atoms with Gasteiger partial charge in [0, 0.05) is 44.9 Å². The number of aromatic nitrogens is 2. The fraction of sp³-hybridized carbons (Fsp3) is 0.450. The zero-order chi connectivity index (χ0) is 18.2. The highest BCUT2D eigenvalue weighted by Crippen LogP contribution is 2.14. The number of para-hydroxylation sites is 1. The molecule has 6 heteroatoms. The van der Waals surface area contributed by atoms with E-state index < -0.39 is 0 Å². The van der Waals surface area contributed by atoms with Crippen LogP contribution < -0.4 is 5.32 Å². The van der Waals surface area contributed by atoms with Gasteiger partial charge < -0.3 is 10.2 Å². The molecule has 3 rings (SSSR count). The van der Waals surface area contributed by atoms with Crippen LogP contribution in [0.25, 0.3) is 5.69 Å². The fourth-order valence-corrected chi connectivity index (χ4v) is 3.28. The molecule has 1 fully saturated rings. The molecule has 2 amide bonds. The summed E-state index contributed by atoms with van der Waals surface area (Å²) in [5.74, 6) is 0.00225. The Hall–Kier alpha value is -2.63. The normalized spacial score (nSPS) is 14.7. The van der Waals surface area contributed by atoms with Crippen LogP contribution in [0.1, 0.15) is 44.1 Å². The lowest BCUT2D eigenvalue weighted by atomic mass is 10.1. The number of hydrogen-bond acceptors (Lipinski definition) is 3. The number of benzene rings is 1. The van der Waals surface area contributed by atoms with Gasteiger partial charge in [-0.3, -0.25) is 9.59 Å². The van der Waals surface area contributed by atoms with Crippen LogP contribution in [0.3, 0.4) is 0 Å². The second-order valence-electron chi connectivity index (χ2n) is 6.65. The monoisotopic (exact) mass is 354 g/mol. The summed E-state index contributed by atoms with van der Waals surface area (Å²) in [5.41, 5.74) is 1.93. The van der Waals surface area contributed by atoms with Gasteiger partial charge in [-0.25, -0.2) is 4.68 Å². The van der Waals surface area contributed by atoms with Gasteiger partial charge in [0.15, 0.2) is 0 Å². The van der Waals surface area contributed by atoms with Crippen LogP contribution in [0, 0.1) is 0 Å². The molecule has 0 bridgehead atoms. The summed E-state index contributed by atoms with van der Waals surface area (Å²) in [5, 5.41) is 7.17. The zero-order valence-electron chi connectivity index (χ0n) is 15.1. The molecule has 0 radical (unpaired) electrons. The van der Waals surface area contributed by atoms with Gasteiger partial charge in [0.05, 0.1) is 5.69 Å². The summed E-state index contributed by atoms with van der Waals surface area (Å²) in [4.78, 5) is 26.3. The number of amides is 2. The lowest BCUT2D eigenvalue weighted by molar-refractivity contribution is -0.133. The van der Waals surface area contributed by atoms with Crippen LogP contribution in [-0.2, 0) is 16.1 Å². The minimum Gasteiger partial charge on any atom is -0.352 e. The lowest BCUT2D eigenvalue weighted by Gasteiger charge is -2.20. The first kappa shape index (κ1) is 18.2. The van der Waals surface area contributed by atoms with Crippen molar-refractivity contribution in [3.63, 3.8) is 0 Å². The fourth-order valence-electron chi connectivity index (χ4n) is 3.28. The van der Waals surface area contributed by atoms with Crippen molar-refractivity contribution in [2.75, 3.05) is 13.1 Å². The van der Waals surface area contributed by atoms with Gasteiger partial charge in [-0.2, -0.15) is 5.10 Å². The van der Waals surface area contributed by atoms with Gasteiger partial charge in [0.2, 0.25) is 11.8 Å². The van der Waals surface area contributed by atoms with E-state index in [9.17, 15) is 9.59 Å². The van der Waals surface area contributed by atoms with Crippen molar-refractivity contribution >= 4 is 11.8 Å². The molecule has 1 aliphatic rings. The Morgan fingerprint density at radius 1 is 1.00 bits per heavy atom. The van der Waals surface area contributed by atoms with Crippen LogP contribution in [-0.4, -0.2) is 39.6 Å². The molecule has 0 saturated carbocycles. The second-order valence-corrected chi connectivity index (χ2v) is 6.65. The molecule has 2 aromatic rings. The van der Waals surface area contributed by atoms with Crippen LogP contribution in [0.5, 0.6) is 0 Å². The first-order valence-electron chi connectivity index (χ1n) is 9.36. The summed E-state index contributed by atoms with van der Waals surface area (Å²) < 4.78 is 1.78. The van der Waals surface area contributed by atoms with E-state index in [1.54, 1.807) is 10.9 Å². The Morgan fingerprint density at radius 2 is 1.77 bits per heavy atom. The average molecular weight is 354 g/mol. The van der Waals surface area contributed by atoms with E-state index in [-0.39, 0.29) is 24.7 Å². The average Bonchev–Trinajstić information content (AvgIpc) is 3.06. The standard InChI is InChI=1S/C20H26N4O2/c25-19(10-11-20(26)23-13-5-1-2-6-14-23)21-16-17-8-3-4-9-18(17)24-15-7-12-22-24/h3-4,7-9,12,15H,1-2,5-6,10-11,13-14,16H2,(H,21,25). The first-order chi connectivity index (χ1) is 12.7. The molecule has 138 valence electrons. The molecule has 1 aromatic carbocycles. The van der Waals surface area contributed by atoms with Crippen LogP contribution in [0.15, 0.2) is 42.7 Å². The van der Waals surface area contributed by atoms with Crippen molar-refractivity contribution in [1.29, 1.82) is 0 Å². The Balaban J connectivity index is 1.48. The Labute approximate surface area is 154 Å². The number of likely N-dealkylation sites (tertiary alicyclic amines) is 1. The van der Waals surface area contributed by atoms with E-state index in [1.807, 2.05) is 41.4 Å².